The van der Waals surface area contributed by atoms with Crippen molar-refractivity contribution in [2.24, 2.45) is 0 Å². The number of carbonyl (C=O) groups is 2. The molecule has 28 heavy (non-hydrogen) atoms. The van der Waals surface area contributed by atoms with Crippen molar-refractivity contribution in [1.29, 1.82) is 0 Å². The number of hydrogen-bond donors (Lipinski definition) is 2. The summed E-state index contributed by atoms with van der Waals surface area (Å²) in [5, 5.41) is 6.04. The van der Waals surface area contributed by atoms with Crippen LogP contribution < -0.4 is 10.6 Å². The second kappa shape index (κ2) is 9.15. The molecule has 0 saturated carbocycles. The van der Waals surface area contributed by atoms with Crippen molar-refractivity contribution in [1.82, 2.24) is 5.32 Å². The third kappa shape index (κ3) is 4.96. The van der Waals surface area contributed by atoms with Crippen molar-refractivity contribution in [3.05, 3.63) is 100 Å². The van der Waals surface area contributed by atoms with E-state index in [1.807, 2.05) is 0 Å². The number of hydrogen-bond acceptors (Lipinski definition) is 2. The van der Waals surface area contributed by atoms with Crippen molar-refractivity contribution >= 4 is 29.1 Å². The highest BCUT2D eigenvalue weighted by Crippen LogP contribution is 2.17. The maximum atomic E-state index is 13.7. The van der Waals surface area contributed by atoms with Gasteiger partial charge in [-0.25, -0.2) is 4.39 Å². The van der Waals surface area contributed by atoms with Crippen LogP contribution in [0.1, 0.15) is 26.3 Å². The van der Waals surface area contributed by atoms with Crippen molar-refractivity contribution in [3.8, 4) is 0 Å². The smallest absolute Gasteiger partial charge is 0.255 e. The van der Waals surface area contributed by atoms with Crippen LogP contribution in [-0.2, 0) is 6.42 Å². The standard InChI is InChI=1S/C22H18ClFN2O2/c23-17-11-9-16(10-12-17)21(27)26-20-8-4-2-6-18(20)22(28)25-14-13-15-5-1-3-7-19(15)24/h1-12H,13-14H2,(H,25,28)(H,26,27). The molecule has 2 amide bonds. The van der Waals surface area contributed by atoms with Crippen LogP contribution in [0.25, 0.3) is 0 Å². The molecule has 0 fully saturated rings. The van der Waals surface area contributed by atoms with Gasteiger partial charge in [-0.15, -0.1) is 0 Å². The highest BCUT2D eigenvalue weighted by Gasteiger charge is 2.14. The Morgan fingerprint density at radius 2 is 1.54 bits per heavy atom. The Labute approximate surface area is 167 Å². The van der Waals surface area contributed by atoms with Crippen molar-refractivity contribution in [2.75, 3.05) is 11.9 Å². The summed E-state index contributed by atoms with van der Waals surface area (Å²) in [6.07, 6.45) is 0.373. The van der Waals surface area contributed by atoms with Crippen LogP contribution >= 0.6 is 11.6 Å². The molecule has 2 N–H and O–H groups in total. The third-order valence-corrected chi connectivity index (χ3v) is 4.42. The van der Waals surface area contributed by atoms with Gasteiger partial charge in [-0.3, -0.25) is 9.59 Å². The average Bonchev–Trinajstić information content (AvgIpc) is 2.70. The van der Waals surface area contributed by atoms with E-state index >= 15 is 0 Å². The average molecular weight is 397 g/mol. The molecule has 142 valence electrons. The van der Waals surface area contributed by atoms with E-state index in [2.05, 4.69) is 10.6 Å². The molecule has 0 spiro atoms. The number of rotatable bonds is 6. The molecule has 0 heterocycles. The lowest BCUT2D eigenvalue weighted by atomic mass is 10.1. The van der Waals surface area contributed by atoms with Gasteiger partial charge in [0.05, 0.1) is 11.3 Å². The van der Waals surface area contributed by atoms with E-state index in [-0.39, 0.29) is 24.2 Å². The van der Waals surface area contributed by atoms with Crippen molar-refractivity contribution in [2.45, 2.75) is 6.42 Å². The quantitative estimate of drug-likeness (QED) is 0.634. The van der Waals surface area contributed by atoms with Gasteiger partial charge in [0, 0.05) is 17.1 Å². The Morgan fingerprint density at radius 1 is 0.857 bits per heavy atom. The number of anilines is 1. The lowest BCUT2D eigenvalue weighted by molar-refractivity contribution is 0.0955. The lowest BCUT2D eigenvalue weighted by Crippen LogP contribution is -2.27. The molecule has 0 saturated heterocycles. The fraction of sp³-hybridized carbons (Fsp3) is 0.0909. The minimum Gasteiger partial charge on any atom is -0.352 e. The van der Waals surface area contributed by atoms with Crippen LogP contribution in [0.5, 0.6) is 0 Å². The van der Waals surface area contributed by atoms with E-state index in [0.29, 0.717) is 33.8 Å². The first kappa shape index (κ1) is 19.6. The second-order valence-corrected chi connectivity index (χ2v) is 6.54. The molecule has 0 aliphatic rings. The summed E-state index contributed by atoms with van der Waals surface area (Å²) in [5.41, 5.74) is 1.69. The summed E-state index contributed by atoms with van der Waals surface area (Å²) < 4.78 is 13.7. The van der Waals surface area contributed by atoms with Crippen LogP contribution in [0.15, 0.2) is 72.8 Å². The van der Waals surface area contributed by atoms with E-state index in [4.69, 9.17) is 11.6 Å². The van der Waals surface area contributed by atoms with Crippen LogP contribution in [0.3, 0.4) is 0 Å². The van der Waals surface area contributed by atoms with E-state index in [1.165, 1.54) is 6.07 Å². The fourth-order valence-corrected chi connectivity index (χ4v) is 2.82. The van der Waals surface area contributed by atoms with Gasteiger partial charge < -0.3 is 10.6 Å². The number of benzene rings is 3. The highest BCUT2D eigenvalue weighted by molar-refractivity contribution is 6.30. The lowest BCUT2D eigenvalue weighted by Gasteiger charge is -2.12. The van der Waals surface area contributed by atoms with Crippen molar-refractivity contribution < 1.29 is 14.0 Å². The Kier molecular flexibility index (Phi) is 6.40. The van der Waals surface area contributed by atoms with E-state index in [9.17, 15) is 14.0 Å². The van der Waals surface area contributed by atoms with Crippen LogP contribution in [0.4, 0.5) is 10.1 Å². The monoisotopic (exact) mass is 396 g/mol. The second-order valence-electron chi connectivity index (χ2n) is 6.10. The zero-order chi connectivity index (χ0) is 19.9. The van der Waals surface area contributed by atoms with Gasteiger partial charge in [0.1, 0.15) is 5.82 Å². The minimum atomic E-state index is -0.344. The Balaban J connectivity index is 1.65. The molecule has 3 aromatic carbocycles. The first-order chi connectivity index (χ1) is 13.5. The zero-order valence-electron chi connectivity index (χ0n) is 14.9. The number of halogens is 2. The summed E-state index contributed by atoms with van der Waals surface area (Å²) in [6, 6.07) is 19.6. The van der Waals surface area contributed by atoms with E-state index < -0.39 is 0 Å². The zero-order valence-corrected chi connectivity index (χ0v) is 15.7. The predicted molar refractivity (Wildman–Crippen MR) is 108 cm³/mol. The summed E-state index contributed by atoms with van der Waals surface area (Å²) in [5.74, 6) is -0.987. The Morgan fingerprint density at radius 3 is 2.29 bits per heavy atom. The third-order valence-electron chi connectivity index (χ3n) is 4.16. The highest BCUT2D eigenvalue weighted by atomic mass is 35.5. The van der Waals surface area contributed by atoms with E-state index in [1.54, 1.807) is 66.7 Å². The molecule has 0 aliphatic heterocycles. The van der Waals surface area contributed by atoms with Gasteiger partial charge in [0.15, 0.2) is 0 Å². The Hall–Kier alpha value is -3.18. The molecule has 0 bridgehead atoms. The molecule has 0 unspecified atom stereocenters. The predicted octanol–water partition coefficient (Wildman–Crippen LogP) is 4.70. The topological polar surface area (TPSA) is 58.2 Å². The molecular weight excluding hydrogens is 379 g/mol. The van der Waals surface area contributed by atoms with Crippen molar-refractivity contribution in [3.63, 3.8) is 0 Å². The minimum absolute atomic E-state index is 0.277. The first-order valence-corrected chi connectivity index (χ1v) is 9.10. The van der Waals surface area contributed by atoms with Crippen LogP contribution in [0.2, 0.25) is 5.02 Å². The van der Waals surface area contributed by atoms with Gasteiger partial charge in [-0.05, 0) is 54.4 Å². The molecule has 0 aliphatic carbocycles. The van der Waals surface area contributed by atoms with Gasteiger partial charge >= 0.3 is 0 Å². The number of para-hydroxylation sites is 1. The summed E-state index contributed by atoms with van der Waals surface area (Å²) in [6.45, 7) is 0.277. The molecule has 3 aromatic rings. The Bertz CT molecular complexity index is 990. The first-order valence-electron chi connectivity index (χ1n) is 8.72. The maximum Gasteiger partial charge on any atom is 0.255 e. The molecule has 6 heteroatoms. The van der Waals surface area contributed by atoms with Gasteiger partial charge in [0.25, 0.3) is 11.8 Å². The molecule has 4 nitrogen and oxygen atoms in total. The van der Waals surface area contributed by atoms with Gasteiger partial charge in [-0.1, -0.05) is 41.9 Å². The largest absolute Gasteiger partial charge is 0.352 e. The van der Waals surface area contributed by atoms with E-state index in [0.717, 1.165) is 0 Å². The normalized spacial score (nSPS) is 10.4. The van der Waals surface area contributed by atoms with Gasteiger partial charge in [0.2, 0.25) is 0 Å². The maximum absolute atomic E-state index is 13.7. The molecule has 0 atom stereocenters. The molecule has 0 aromatic heterocycles. The molecule has 0 radical (unpaired) electrons. The molecular formula is C22H18ClFN2O2. The molecule has 3 rings (SSSR count). The number of nitrogens with one attached hydrogen (secondary N) is 2. The number of amides is 2. The van der Waals surface area contributed by atoms with Crippen LogP contribution in [-0.4, -0.2) is 18.4 Å². The van der Waals surface area contributed by atoms with Crippen LogP contribution in [0, 0.1) is 5.82 Å². The van der Waals surface area contributed by atoms with Gasteiger partial charge in [-0.2, -0.15) is 0 Å². The SMILES string of the molecule is O=C(Nc1ccccc1C(=O)NCCc1ccccc1F)c1ccc(Cl)cc1. The summed E-state index contributed by atoms with van der Waals surface area (Å²) in [7, 11) is 0. The fourth-order valence-electron chi connectivity index (χ4n) is 2.69. The summed E-state index contributed by atoms with van der Waals surface area (Å²) >= 11 is 5.84. The number of carbonyl (C=O) groups excluding carboxylic acids is 2. The summed E-state index contributed by atoms with van der Waals surface area (Å²) in [4.78, 5) is 24.9.